The highest BCUT2D eigenvalue weighted by Gasteiger charge is 2.15. The molecule has 2 atom stereocenters. The topological polar surface area (TPSA) is 33.3 Å². The number of hydrogen-bond acceptors (Lipinski definition) is 3. The molecule has 3 nitrogen and oxygen atoms in total. The Bertz CT molecular complexity index is 419. The minimum absolute atomic E-state index is 0.430. The van der Waals surface area contributed by atoms with Gasteiger partial charge in [0.25, 0.3) is 0 Å². The first kappa shape index (κ1) is 15.5. The highest BCUT2D eigenvalue weighted by Crippen LogP contribution is 2.28. The molecule has 2 rings (SSSR count). The summed E-state index contributed by atoms with van der Waals surface area (Å²) in [6.07, 6.45) is 5.09. The molecule has 1 aromatic carbocycles. The van der Waals surface area contributed by atoms with E-state index in [0.717, 1.165) is 24.4 Å². The fraction of sp³-hybridized carbons (Fsp3) is 0.625. The molecule has 0 spiro atoms. The molecule has 0 amide bonds. The van der Waals surface area contributed by atoms with E-state index < -0.39 is 0 Å². The van der Waals surface area contributed by atoms with Crippen LogP contribution in [0, 0.1) is 0 Å². The van der Waals surface area contributed by atoms with Crippen molar-refractivity contribution in [3.05, 3.63) is 23.2 Å². The molecule has 0 aliphatic carbocycles. The lowest BCUT2D eigenvalue weighted by Crippen LogP contribution is -2.37. The SMILES string of the molecule is CCOc1ccc(NC(C)CC2CCCCN2)cc1Cl. The average molecular weight is 297 g/mol. The predicted octanol–water partition coefficient (Wildman–Crippen LogP) is 4.07. The van der Waals surface area contributed by atoms with Crippen molar-refractivity contribution in [2.75, 3.05) is 18.5 Å². The maximum Gasteiger partial charge on any atom is 0.138 e. The monoisotopic (exact) mass is 296 g/mol. The van der Waals surface area contributed by atoms with Gasteiger partial charge in [-0.15, -0.1) is 0 Å². The Morgan fingerprint density at radius 3 is 2.95 bits per heavy atom. The molecule has 1 aliphatic rings. The zero-order valence-electron chi connectivity index (χ0n) is 12.4. The third kappa shape index (κ3) is 4.57. The summed E-state index contributed by atoms with van der Waals surface area (Å²) in [7, 11) is 0. The Morgan fingerprint density at radius 2 is 2.30 bits per heavy atom. The lowest BCUT2D eigenvalue weighted by Gasteiger charge is -2.27. The molecule has 0 radical (unpaired) electrons. The first-order valence-electron chi connectivity index (χ1n) is 7.61. The number of halogens is 1. The quantitative estimate of drug-likeness (QED) is 0.830. The van der Waals surface area contributed by atoms with Gasteiger partial charge in [-0.3, -0.25) is 0 Å². The number of hydrogen-bond donors (Lipinski definition) is 2. The summed E-state index contributed by atoms with van der Waals surface area (Å²) in [6.45, 7) is 5.98. The van der Waals surface area contributed by atoms with E-state index in [1.54, 1.807) is 0 Å². The zero-order valence-corrected chi connectivity index (χ0v) is 13.2. The van der Waals surface area contributed by atoms with E-state index in [-0.39, 0.29) is 0 Å². The summed E-state index contributed by atoms with van der Waals surface area (Å²) < 4.78 is 5.45. The van der Waals surface area contributed by atoms with Gasteiger partial charge in [0.1, 0.15) is 5.75 Å². The summed E-state index contributed by atoms with van der Waals surface area (Å²) in [6, 6.07) is 6.97. The second-order valence-electron chi connectivity index (χ2n) is 5.51. The van der Waals surface area contributed by atoms with Gasteiger partial charge in [0.2, 0.25) is 0 Å². The third-order valence-electron chi connectivity index (χ3n) is 3.70. The van der Waals surface area contributed by atoms with Gasteiger partial charge in [0.05, 0.1) is 11.6 Å². The molecule has 0 bridgehead atoms. The molecule has 20 heavy (non-hydrogen) atoms. The lowest BCUT2D eigenvalue weighted by molar-refractivity contribution is 0.340. The van der Waals surface area contributed by atoms with Crippen LogP contribution in [0.1, 0.15) is 39.5 Å². The summed E-state index contributed by atoms with van der Waals surface area (Å²) >= 11 is 6.21. The van der Waals surface area contributed by atoms with Crippen LogP contribution < -0.4 is 15.4 Å². The van der Waals surface area contributed by atoms with Crippen LogP contribution in [-0.4, -0.2) is 25.2 Å². The van der Waals surface area contributed by atoms with Crippen molar-refractivity contribution in [1.29, 1.82) is 0 Å². The molecule has 0 saturated carbocycles. The maximum absolute atomic E-state index is 6.21. The van der Waals surface area contributed by atoms with Crippen LogP contribution in [-0.2, 0) is 0 Å². The van der Waals surface area contributed by atoms with Gasteiger partial charge < -0.3 is 15.4 Å². The summed E-state index contributed by atoms with van der Waals surface area (Å²) in [5.41, 5.74) is 1.06. The van der Waals surface area contributed by atoms with E-state index in [0.29, 0.717) is 23.7 Å². The van der Waals surface area contributed by atoms with E-state index in [4.69, 9.17) is 16.3 Å². The van der Waals surface area contributed by atoms with Crippen LogP contribution in [0.3, 0.4) is 0 Å². The first-order valence-corrected chi connectivity index (χ1v) is 7.99. The predicted molar refractivity (Wildman–Crippen MR) is 86.0 cm³/mol. The summed E-state index contributed by atoms with van der Waals surface area (Å²) in [4.78, 5) is 0. The molecular formula is C16H25ClN2O. The van der Waals surface area contributed by atoms with E-state index in [9.17, 15) is 0 Å². The number of rotatable bonds is 6. The molecule has 1 heterocycles. The van der Waals surface area contributed by atoms with Crippen molar-refractivity contribution in [1.82, 2.24) is 5.32 Å². The van der Waals surface area contributed by atoms with Gasteiger partial charge in [-0.1, -0.05) is 18.0 Å². The molecule has 4 heteroatoms. The van der Waals surface area contributed by atoms with Gasteiger partial charge in [-0.25, -0.2) is 0 Å². The van der Waals surface area contributed by atoms with Crippen LogP contribution in [0.2, 0.25) is 5.02 Å². The Balaban J connectivity index is 1.86. The number of nitrogens with one attached hydrogen (secondary N) is 2. The molecule has 0 aromatic heterocycles. The molecule has 1 aromatic rings. The van der Waals surface area contributed by atoms with E-state index in [1.807, 2.05) is 25.1 Å². The third-order valence-corrected chi connectivity index (χ3v) is 3.99. The average Bonchev–Trinajstić information content (AvgIpc) is 2.43. The van der Waals surface area contributed by atoms with Crippen LogP contribution in [0.5, 0.6) is 5.75 Å². The molecule has 1 aliphatic heterocycles. The van der Waals surface area contributed by atoms with Gasteiger partial charge in [0.15, 0.2) is 0 Å². The first-order chi connectivity index (χ1) is 9.69. The molecule has 2 unspecified atom stereocenters. The van der Waals surface area contributed by atoms with E-state index in [1.165, 1.54) is 19.3 Å². The van der Waals surface area contributed by atoms with Crippen LogP contribution in [0.15, 0.2) is 18.2 Å². The van der Waals surface area contributed by atoms with E-state index >= 15 is 0 Å². The minimum Gasteiger partial charge on any atom is -0.492 e. The van der Waals surface area contributed by atoms with Crippen LogP contribution in [0.25, 0.3) is 0 Å². The highest BCUT2D eigenvalue weighted by atomic mass is 35.5. The standard InChI is InChI=1S/C16H25ClN2O/c1-3-20-16-8-7-14(11-15(16)17)19-12(2)10-13-6-4-5-9-18-13/h7-8,11-13,18-19H,3-6,9-10H2,1-2H3. The summed E-state index contributed by atoms with van der Waals surface area (Å²) in [5, 5.41) is 7.77. The lowest BCUT2D eigenvalue weighted by atomic mass is 9.99. The Morgan fingerprint density at radius 1 is 1.45 bits per heavy atom. The van der Waals surface area contributed by atoms with Crippen molar-refractivity contribution >= 4 is 17.3 Å². The number of piperidine rings is 1. The largest absolute Gasteiger partial charge is 0.492 e. The van der Waals surface area contributed by atoms with E-state index in [2.05, 4.69) is 17.6 Å². The fourth-order valence-corrected chi connectivity index (χ4v) is 2.99. The number of benzene rings is 1. The zero-order chi connectivity index (χ0) is 14.4. The van der Waals surface area contributed by atoms with Crippen molar-refractivity contribution < 1.29 is 4.74 Å². The fourth-order valence-electron chi connectivity index (χ4n) is 2.76. The Kier molecular flexibility index (Phi) is 5.99. The maximum atomic E-state index is 6.21. The van der Waals surface area contributed by atoms with Gasteiger partial charge in [-0.2, -0.15) is 0 Å². The Labute approximate surface area is 127 Å². The van der Waals surface area contributed by atoms with Gasteiger partial charge in [0, 0.05) is 17.8 Å². The second-order valence-corrected chi connectivity index (χ2v) is 5.91. The van der Waals surface area contributed by atoms with Gasteiger partial charge >= 0.3 is 0 Å². The Hall–Kier alpha value is -0.930. The van der Waals surface area contributed by atoms with Crippen molar-refractivity contribution in [2.45, 2.75) is 51.6 Å². The van der Waals surface area contributed by atoms with Crippen LogP contribution >= 0.6 is 11.6 Å². The summed E-state index contributed by atoms with van der Waals surface area (Å²) in [5.74, 6) is 0.751. The number of anilines is 1. The smallest absolute Gasteiger partial charge is 0.138 e. The molecular weight excluding hydrogens is 272 g/mol. The normalized spacial score (nSPS) is 20.4. The highest BCUT2D eigenvalue weighted by molar-refractivity contribution is 6.32. The molecule has 1 fully saturated rings. The molecule has 112 valence electrons. The van der Waals surface area contributed by atoms with Crippen molar-refractivity contribution in [2.24, 2.45) is 0 Å². The van der Waals surface area contributed by atoms with Gasteiger partial charge in [-0.05, 0) is 57.9 Å². The molecule has 1 saturated heterocycles. The van der Waals surface area contributed by atoms with Crippen molar-refractivity contribution in [3.63, 3.8) is 0 Å². The second kappa shape index (κ2) is 7.75. The van der Waals surface area contributed by atoms with Crippen LogP contribution in [0.4, 0.5) is 5.69 Å². The molecule has 2 N–H and O–H groups in total. The number of ether oxygens (including phenoxy) is 1. The minimum atomic E-state index is 0.430. The van der Waals surface area contributed by atoms with Crippen molar-refractivity contribution in [3.8, 4) is 5.75 Å².